The van der Waals surface area contributed by atoms with Crippen LogP contribution in [0.25, 0.3) is 41.5 Å². The second-order valence-corrected chi connectivity index (χ2v) is 18.1. The Balaban J connectivity index is 0.000000251. The molecule has 1 N–H and O–H groups in total. The van der Waals surface area contributed by atoms with Crippen molar-refractivity contribution < 1.29 is 30.0 Å². The van der Waals surface area contributed by atoms with Crippen LogP contribution in [0.4, 0.5) is 0 Å². The van der Waals surface area contributed by atoms with Crippen LogP contribution in [0.1, 0.15) is 106 Å². The van der Waals surface area contributed by atoms with Gasteiger partial charge in [0.25, 0.3) is 0 Å². The van der Waals surface area contributed by atoms with Gasteiger partial charge in [-0.15, -0.1) is 46.7 Å². The number of hydrogen-bond acceptors (Lipinski definition) is 6. The van der Waals surface area contributed by atoms with Crippen molar-refractivity contribution in [2.45, 2.75) is 117 Å². The Bertz CT molecular complexity index is 1950. The van der Waals surface area contributed by atoms with Crippen LogP contribution in [0, 0.1) is 16.9 Å². The van der Waals surface area contributed by atoms with E-state index < -0.39 is 0 Å². The van der Waals surface area contributed by atoms with E-state index >= 15 is 0 Å². The summed E-state index contributed by atoms with van der Waals surface area (Å²) in [7, 11) is 0. The van der Waals surface area contributed by atoms with Gasteiger partial charge in [-0.2, -0.15) is 11.3 Å². The molecule has 1 aliphatic rings. The first kappa shape index (κ1) is 38.8. The Kier molecular flexibility index (Phi) is 12.2. The van der Waals surface area contributed by atoms with Crippen molar-refractivity contribution in [1.29, 1.82) is 0 Å². The zero-order valence-electron chi connectivity index (χ0n) is 30.1. The van der Waals surface area contributed by atoms with E-state index in [4.69, 9.17) is 4.98 Å². The number of aliphatic hydroxyl groups is 1. The number of rotatable bonds is 8. The van der Waals surface area contributed by atoms with Gasteiger partial charge < -0.3 is 5.11 Å². The van der Waals surface area contributed by atoms with Gasteiger partial charge in [0.1, 0.15) is 5.76 Å². The number of nitrogens with zero attached hydrogens (tertiary/aromatic N) is 1. The summed E-state index contributed by atoms with van der Waals surface area (Å²) in [4.78, 5) is 18.6. The molecular formula is C41H50IrNO2S3-. The molecule has 1 radical (unpaired) electrons. The zero-order valence-corrected chi connectivity index (χ0v) is 34.9. The summed E-state index contributed by atoms with van der Waals surface area (Å²) in [6, 6.07) is 15.1. The number of ketones is 1. The minimum atomic E-state index is -0.337. The van der Waals surface area contributed by atoms with Crippen molar-refractivity contribution >= 4 is 70.5 Å². The van der Waals surface area contributed by atoms with Gasteiger partial charge in [0, 0.05) is 73.8 Å². The Morgan fingerprint density at radius 2 is 1.60 bits per heavy atom. The number of allylic oxidation sites excluding steroid dienone is 2. The van der Waals surface area contributed by atoms with Crippen molar-refractivity contribution in [3.05, 3.63) is 70.9 Å². The molecule has 1 unspecified atom stereocenters. The number of carbonyl (C=O) groups is 1. The molecule has 7 heteroatoms. The summed E-state index contributed by atoms with van der Waals surface area (Å²) >= 11 is 5.73. The summed E-state index contributed by atoms with van der Waals surface area (Å²) in [6.07, 6.45) is 7.87. The number of carbonyl (C=O) groups excluding carboxylic acids is 1. The third-order valence-corrected chi connectivity index (χ3v) is 13.9. The predicted octanol–water partition coefficient (Wildman–Crippen LogP) is 13.1. The average Bonchev–Trinajstić information content (AvgIpc) is 3.78. The van der Waals surface area contributed by atoms with Crippen molar-refractivity contribution in [3.8, 4) is 11.3 Å². The fraction of sp³-hybridized carbons (Fsp3) is 0.463. The SMILES string of the molecule is CC1Cc2ccc3sc4ccnc(-c5[c-]c6ccsc6c(C(C)(C)C)c5)c4c3c2S1.CCC(C)(CC)C(=O)/C=C(\O)C(C)(CC)CC.[Ir]. The molecule has 259 valence electrons. The molecule has 6 rings (SSSR count). The topological polar surface area (TPSA) is 50.2 Å². The normalized spacial score (nSPS) is 15.4. The van der Waals surface area contributed by atoms with Crippen molar-refractivity contribution in [2.24, 2.45) is 10.8 Å². The van der Waals surface area contributed by atoms with Crippen molar-refractivity contribution in [1.82, 2.24) is 4.98 Å². The Hall–Kier alpha value is -2.02. The van der Waals surface area contributed by atoms with E-state index in [0.717, 1.165) is 43.4 Å². The average molecular weight is 877 g/mol. The molecule has 48 heavy (non-hydrogen) atoms. The molecule has 0 amide bonds. The molecule has 2 aromatic carbocycles. The van der Waals surface area contributed by atoms with E-state index in [1.165, 1.54) is 52.4 Å². The number of fused-ring (bicyclic) bond motifs is 6. The summed E-state index contributed by atoms with van der Waals surface area (Å²) in [6.45, 7) is 21.3. The van der Waals surface area contributed by atoms with Gasteiger partial charge in [0.15, 0.2) is 5.78 Å². The molecule has 5 aromatic rings. The molecule has 0 saturated heterocycles. The van der Waals surface area contributed by atoms with Gasteiger partial charge in [-0.3, -0.25) is 9.78 Å². The van der Waals surface area contributed by atoms with Gasteiger partial charge in [-0.1, -0.05) is 86.4 Å². The van der Waals surface area contributed by atoms with Gasteiger partial charge in [0.2, 0.25) is 0 Å². The summed E-state index contributed by atoms with van der Waals surface area (Å²) in [5.41, 5.74) is 4.53. The molecule has 1 aliphatic heterocycles. The smallest absolute Gasteiger partial charge is 0.164 e. The minimum absolute atomic E-state index is 0. The maximum absolute atomic E-state index is 12.2. The number of benzene rings is 2. The largest absolute Gasteiger partial charge is 0.512 e. The molecular weight excluding hydrogens is 827 g/mol. The number of hydrogen-bond donors (Lipinski definition) is 1. The standard InChI is InChI=1S/C26H22NS3.C15H28O2.Ir/c1-14-11-15-5-6-19-22(25(15)29-14)21-20(30-19)7-9-27-23(21)17-12-16-8-10-28-24(16)18(13-17)26(2,3)4;1-7-14(5,8-2)12(16)11-13(17)15(6,9-3)10-4;/h5-10,13-14H,11H2,1-4H3;11,16H,7-10H2,1-6H3;/q-1;;/b;12-11-;. The maximum Gasteiger partial charge on any atom is 0.164 e. The van der Waals surface area contributed by atoms with Gasteiger partial charge >= 0.3 is 0 Å². The zero-order chi connectivity index (χ0) is 34.3. The number of aliphatic hydroxyl groups excluding tert-OH is 1. The first-order valence-corrected chi connectivity index (χ1v) is 19.7. The van der Waals surface area contributed by atoms with E-state index in [0.29, 0.717) is 5.25 Å². The molecule has 0 saturated carbocycles. The third-order valence-electron chi connectivity index (χ3n) is 10.5. The Morgan fingerprint density at radius 3 is 2.23 bits per heavy atom. The monoisotopic (exact) mass is 877 g/mol. The summed E-state index contributed by atoms with van der Waals surface area (Å²) < 4.78 is 4.03. The van der Waals surface area contributed by atoms with Gasteiger partial charge in [-0.25, -0.2) is 0 Å². The van der Waals surface area contributed by atoms with Gasteiger partial charge in [0.05, 0.1) is 0 Å². The first-order valence-electron chi connectivity index (χ1n) is 17.1. The van der Waals surface area contributed by atoms with Crippen LogP contribution in [0.5, 0.6) is 0 Å². The van der Waals surface area contributed by atoms with Crippen LogP contribution in [-0.2, 0) is 36.7 Å². The molecule has 0 fully saturated rings. The number of thioether (sulfide) groups is 1. The first-order chi connectivity index (χ1) is 22.2. The van der Waals surface area contributed by atoms with Crippen LogP contribution in [0.2, 0.25) is 0 Å². The van der Waals surface area contributed by atoms with E-state index in [2.05, 4.69) is 69.5 Å². The van der Waals surface area contributed by atoms with E-state index in [9.17, 15) is 9.90 Å². The summed E-state index contributed by atoms with van der Waals surface area (Å²) in [5.74, 6) is 0.286. The quantitative estimate of drug-likeness (QED) is 0.0958. The Morgan fingerprint density at radius 1 is 0.958 bits per heavy atom. The fourth-order valence-electron chi connectivity index (χ4n) is 6.25. The van der Waals surface area contributed by atoms with Crippen LogP contribution < -0.4 is 0 Å². The number of pyridine rings is 1. The van der Waals surface area contributed by atoms with Crippen LogP contribution in [0.3, 0.4) is 0 Å². The number of aromatic nitrogens is 1. The van der Waals surface area contributed by atoms with E-state index in [-0.39, 0.29) is 47.9 Å². The third kappa shape index (κ3) is 7.37. The van der Waals surface area contributed by atoms with Crippen LogP contribution in [0.15, 0.2) is 58.6 Å². The molecule has 3 aromatic heterocycles. The molecule has 0 spiro atoms. The van der Waals surface area contributed by atoms with Gasteiger partial charge in [-0.05, 0) is 70.7 Å². The predicted molar refractivity (Wildman–Crippen MR) is 208 cm³/mol. The van der Waals surface area contributed by atoms with Crippen molar-refractivity contribution in [2.75, 3.05) is 0 Å². The number of thiophene rings is 2. The molecule has 3 nitrogen and oxygen atoms in total. The second-order valence-electron chi connectivity index (χ2n) is 14.6. The van der Waals surface area contributed by atoms with Crippen molar-refractivity contribution in [3.63, 3.8) is 0 Å². The van der Waals surface area contributed by atoms with E-state index in [1.807, 2.05) is 82.2 Å². The fourth-order valence-corrected chi connectivity index (χ4v) is 9.80. The minimum Gasteiger partial charge on any atom is -0.512 e. The van der Waals surface area contributed by atoms with E-state index in [1.54, 1.807) is 0 Å². The Labute approximate surface area is 313 Å². The summed E-state index contributed by atoms with van der Waals surface area (Å²) in [5, 5.41) is 16.9. The molecule has 0 aliphatic carbocycles. The van der Waals surface area contributed by atoms with Crippen LogP contribution >= 0.6 is 34.4 Å². The maximum atomic E-state index is 12.2. The second kappa shape index (κ2) is 15.1. The molecule has 1 atom stereocenters. The van der Waals surface area contributed by atoms with Crippen LogP contribution in [-0.4, -0.2) is 21.1 Å². The molecule has 4 heterocycles. The molecule has 0 bridgehead atoms.